The Labute approximate surface area is 220 Å². The van der Waals surface area contributed by atoms with Crippen molar-refractivity contribution >= 4 is 34.9 Å². The molecule has 37 heavy (non-hydrogen) atoms. The highest BCUT2D eigenvalue weighted by molar-refractivity contribution is 7.80. The molecule has 0 atom stereocenters. The van der Waals surface area contributed by atoms with Gasteiger partial charge < -0.3 is 9.64 Å². The summed E-state index contributed by atoms with van der Waals surface area (Å²) in [7, 11) is 1.59. The molecule has 0 radical (unpaired) electrons. The summed E-state index contributed by atoms with van der Waals surface area (Å²) in [4.78, 5) is 30.9. The van der Waals surface area contributed by atoms with Crippen LogP contribution in [0.2, 0.25) is 0 Å². The van der Waals surface area contributed by atoms with Gasteiger partial charge in [-0.15, -0.1) is 0 Å². The first kappa shape index (κ1) is 28.6. The highest BCUT2D eigenvalue weighted by atomic mass is 32.1. The summed E-state index contributed by atoms with van der Waals surface area (Å²) < 4.78 is 45.1. The van der Waals surface area contributed by atoms with Gasteiger partial charge in [0.15, 0.2) is 0 Å². The first-order valence-corrected chi connectivity index (χ1v) is 12.7. The lowest BCUT2D eigenvalue weighted by Crippen LogP contribution is -2.48. The molecule has 3 rings (SSSR count). The van der Waals surface area contributed by atoms with Gasteiger partial charge in [-0.3, -0.25) is 14.5 Å². The molecule has 2 aliphatic heterocycles. The van der Waals surface area contributed by atoms with E-state index in [4.69, 9.17) is 22.2 Å². The number of amides is 2. The minimum Gasteiger partial charge on any atom is -0.474 e. The molecule has 2 aliphatic rings. The van der Waals surface area contributed by atoms with Crippen molar-refractivity contribution in [2.75, 3.05) is 44.7 Å². The molecule has 1 saturated heterocycles. The first-order valence-electron chi connectivity index (χ1n) is 12.3. The molecule has 0 aliphatic carbocycles. The van der Waals surface area contributed by atoms with Crippen molar-refractivity contribution in [3.05, 3.63) is 40.5 Å². The smallest absolute Gasteiger partial charge is 0.417 e. The number of thiocarbonyl (C=S) groups is 1. The second kappa shape index (κ2) is 12.5. The van der Waals surface area contributed by atoms with Gasteiger partial charge in [-0.25, -0.2) is 4.90 Å². The molecule has 0 aromatic heterocycles. The monoisotopic (exact) mass is 536 g/mol. The van der Waals surface area contributed by atoms with Crippen molar-refractivity contribution in [1.29, 1.82) is 5.26 Å². The minimum atomic E-state index is -4.77. The topological polar surface area (TPSA) is 76.9 Å². The van der Waals surface area contributed by atoms with E-state index in [1.165, 1.54) is 19.1 Å². The number of rotatable bonds is 9. The van der Waals surface area contributed by atoms with E-state index in [9.17, 15) is 22.8 Å². The summed E-state index contributed by atoms with van der Waals surface area (Å²) in [6.45, 7) is 6.18. The molecule has 0 spiro atoms. The van der Waals surface area contributed by atoms with Crippen molar-refractivity contribution in [1.82, 2.24) is 9.80 Å². The Balaban J connectivity index is 1.44. The number of anilines is 1. The van der Waals surface area contributed by atoms with Gasteiger partial charge in [-0.1, -0.05) is 19.3 Å². The van der Waals surface area contributed by atoms with E-state index < -0.39 is 29.1 Å². The van der Waals surface area contributed by atoms with Gasteiger partial charge in [0.05, 0.1) is 30.0 Å². The van der Waals surface area contributed by atoms with Crippen LogP contribution in [0.5, 0.6) is 0 Å². The van der Waals surface area contributed by atoms with E-state index in [0.29, 0.717) is 29.7 Å². The van der Waals surface area contributed by atoms with Crippen molar-refractivity contribution < 1.29 is 27.5 Å². The van der Waals surface area contributed by atoms with Crippen LogP contribution >= 0.6 is 12.2 Å². The summed E-state index contributed by atoms with van der Waals surface area (Å²) in [6.07, 6.45) is 0.356. The van der Waals surface area contributed by atoms with Crippen LogP contribution in [0.4, 0.5) is 18.9 Å². The number of nitrogens with zero attached hydrogens (tertiary/aromatic N) is 4. The highest BCUT2D eigenvalue weighted by Gasteiger charge is 2.39. The number of imide groups is 1. The quantitative estimate of drug-likeness (QED) is 0.258. The lowest BCUT2D eigenvalue weighted by atomic mass is 10.0. The molecule has 0 saturated carbocycles. The van der Waals surface area contributed by atoms with Crippen molar-refractivity contribution in [2.24, 2.45) is 0 Å². The average molecular weight is 537 g/mol. The molecule has 1 aromatic rings. The minimum absolute atomic E-state index is 0.180. The number of carbonyl (C=O) groups excluding carboxylic acids is 2. The standard InChI is InChI=1S/C26H31F3N4O3S/c1-18-21(8-6-4-3-5-7-11-31-12-14-32(15-13-31)25(37)36-2)24(35)33(23(18)34)20-10-9-19(17-30)22(16-20)26(27,28)29/h9-10,16H,3-8,11-15H2,1-2H3. The van der Waals surface area contributed by atoms with Crippen molar-refractivity contribution in [3.63, 3.8) is 0 Å². The number of benzene rings is 1. The van der Waals surface area contributed by atoms with Crippen LogP contribution in [-0.2, 0) is 20.5 Å². The van der Waals surface area contributed by atoms with Gasteiger partial charge >= 0.3 is 6.18 Å². The van der Waals surface area contributed by atoms with Crippen molar-refractivity contribution in [3.8, 4) is 6.07 Å². The number of halogens is 3. The Morgan fingerprint density at radius 1 is 1.05 bits per heavy atom. The largest absolute Gasteiger partial charge is 0.474 e. The molecule has 0 N–H and O–H groups in total. The molecular weight excluding hydrogens is 505 g/mol. The second-order valence-corrected chi connectivity index (χ2v) is 9.55. The Morgan fingerprint density at radius 2 is 1.70 bits per heavy atom. The van der Waals surface area contributed by atoms with Gasteiger partial charge in [-0.05, 0) is 63.1 Å². The summed E-state index contributed by atoms with van der Waals surface area (Å²) in [5, 5.41) is 9.53. The fraction of sp³-hybridized carbons (Fsp3) is 0.538. The number of alkyl halides is 3. The third kappa shape index (κ3) is 6.87. The molecule has 2 heterocycles. The molecule has 11 heteroatoms. The zero-order valence-corrected chi connectivity index (χ0v) is 21.9. The third-order valence-electron chi connectivity index (χ3n) is 6.83. The number of unbranched alkanes of at least 4 members (excludes halogenated alkanes) is 4. The van der Waals surface area contributed by atoms with E-state index in [1.54, 1.807) is 7.11 Å². The molecule has 7 nitrogen and oxygen atoms in total. The van der Waals surface area contributed by atoms with Crippen LogP contribution in [0.3, 0.4) is 0 Å². The number of hydrogen-bond acceptors (Lipinski definition) is 6. The van der Waals surface area contributed by atoms with Crippen LogP contribution in [0, 0.1) is 11.3 Å². The third-order valence-corrected chi connectivity index (χ3v) is 7.26. The lowest BCUT2D eigenvalue weighted by molar-refractivity contribution is -0.138. The number of methoxy groups -OCH3 is 1. The summed E-state index contributed by atoms with van der Waals surface area (Å²) in [6, 6.07) is 4.38. The SMILES string of the molecule is COC(=S)N1CCN(CCCCCCCC2=C(C)C(=O)N(c3ccc(C#N)c(C(F)(F)F)c3)C2=O)CC1. The molecule has 200 valence electrons. The number of carbonyl (C=O) groups is 2. The molecule has 0 bridgehead atoms. The van der Waals surface area contributed by atoms with Crippen LogP contribution in [-0.4, -0.2) is 66.6 Å². The number of ether oxygens (including phenoxy) is 1. The van der Waals surface area contributed by atoms with E-state index in [0.717, 1.165) is 69.4 Å². The molecule has 0 unspecified atom stereocenters. The zero-order chi connectivity index (χ0) is 27.2. The fourth-order valence-corrected chi connectivity index (χ4v) is 4.85. The maximum atomic E-state index is 13.3. The van der Waals surface area contributed by atoms with Crippen LogP contribution in [0.25, 0.3) is 0 Å². The summed E-state index contributed by atoms with van der Waals surface area (Å²) >= 11 is 5.17. The average Bonchev–Trinajstić information content (AvgIpc) is 3.09. The fourth-order valence-electron chi connectivity index (χ4n) is 4.67. The summed E-state index contributed by atoms with van der Waals surface area (Å²) in [5.41, 5.74) is -1.30. The normalized spacial score (nSPS) is 17.0. The maximum absolute atomic E-state index is 13.3. The van der Waals surface area contributed by atoms with Crippen LogP contribution in [0.1, 0.15) is 56.6 Å². The number of hydrogen-bond donors (Lipinski definition) is 0. The van der Waals surface area contributed by atoms with Gasteiger partial charge in [0.2, 0.25) is 0 Å². The van der Waals surface area contributed by atoms with E-state index in [1.807, 2.05) is 0 Å². The molecule has 1 aromatic carbocycles. The maximum Gasteiger partial charge on any atom is 0.417 e. The summed E-state index contributed by atoms with van der Waals surface area (Å²) in [5.74, 6) is -1.21. The second-order valence-electron chi connectivity index (χ2n) is 9.21. The number of nitriles is 1. The van der Waals surface area contributed by atoms with E-state index >= 15 is 0 Å². The van der Waals surface area contributed by atoms with Crippen LogP contribution < -0.4 is 4.90 Å². The van der Waals surface area contributed by atoms with Gasteiger partial charge in [-0.2, -0.15) is 18.4 Å². The van der Waals surface area contributed by atoms with Gasteiger partial charge in [0.1, 0.15) is 0 Å². The molecular formula is C26H31F3N4O3S. The first-order chi connectivity index (χ1) is 17.6. The number of piperazine rings is 1. The predicted octanol–water partition coefficient (Wildman–Crippen LogP) is 4.66. The Bertz CT molecular complexity index is 1110. The lowest BCUT2D eigenvalue weighted by Gasteiger charge is -2.35. The highest BCUT2D eigenvalue weighted by Crippen LogP contribution is 2.37. The molecule has 1 fully saturated rings. The Morgan fingerprint density at radius 3 is 2.32 bits per heavy atom. The Kier molecular flexibility index (Phi) is 9.68. The van der Waals surface area contributed by atoms with E-state index in [-0.39, 0.29) is 11.3 Å². The van der Waals surface area contributed by atoms with Crippen molar-refractivity contribution in [2.45, 2.75) is 51.6 Å². The van der Waals surface area contributed by atoms with E-state index in [2.05, 4.69) is 9.80 Å². The molecule has 2 amide bonds. The van der Waals surface area contributed by atoms with Crippen LogP contribution in [0.15, 0.2) is 29.3 Å². The predicted molar refractivity (Wildman–Crippen MR) is 137 cm³/mol. The van der Waals surface area contributed by atoms with Gasteiger partial charge in [0, 0.05) is 37.3 Å². The zero-order valence-electron chi connectivity index (χ0n) is 21.1. The Hall–Kier alpha value is -2.97. The van der Waals surface area contributed by atoms with Gasteiger partial charge in [0.25, 0.3) is 17.0 Å².